The molecule has 5 atom stereocenters. The number of aliphatic hydroxyl groups excluding tert-OH is 1. The second-order valence-corrected chi connectivity index (χ2v) is 6.58. The van der Waals surface area contributed by atoms with Crippen LogP contribution in [0.1, 0.15) is 52.4 Å². The lowest BCUT2D eigenvalue weighted by molar-refractivity contribution is -0.160. The van der Waals surface area contributed by atoms with Gasteiger partial charge in [-0.15, -0.1) is 0 Å². The van der Waals surface area contributed by atoms with Crippen LogP contribution in [0, 0.1) is 5.92 Å². The number of unbranched alkanes of at least 4 members (excludes halogenated alkanes) is 4. The van der Waals surface area contributed by atoms with Gasteiger partial charge in [-0.25, -0.2) is 4.79 Å². The molecule has 2 aliphatic rings. The Morgan fingerprint density at radius 3 is 2.70 bits per heavy atom. The maximum Gasteiger partial charge on any atom is 0.349 e. The normalized spacial score (nSPS) is 34.5. The molecule has 0 radical (unpaired) electrons. The third-order valence-electron chi connectivity index (χ3n) is 4.73. The highest BCUT2D eigenvalue weighted by molar-refractivity contribution is 6.09. The standard InChI is InChI=1S/C17H27NO5/c1-3-4-5-6-7-8-12(19)9-10-13-14-11(2)18-15(20)17(13,22)16(21)23-14/h9-14,19,22H,3-8H2,1-2H3,(H,18,20)/b10-9+/t11-,12?,13-,14+,17+/m1/s1. The maximum absolute atomic E-state index is 12.0. The number of rotatable bonds is 8. The van der Waals surface area contributed by atoms with Gasteiger partial charge >= 0.3 is 5.97 Å². The number of carbonyl (C=O) groups excluding carboxylic acids is 2. The molecule has 2 fully saturated rings. The fraction of sp³-hybridized carbons (Fsp3) is 0.765. The Kier molecular flexibility index (Phi) is 5.81. The zero-order chi connectivity index (χ0) is 17.0. The van der Waals surface area contributed by atoms with Gasteiger partial charge in [0.15, 0.2) is 0 Å². The van der Waals surface area contributed by atoms with Gasteiger partial charge in [-0.05, 0) is 13.3 Å². The van der Waals surface area contributed by atoms with Crippen LogP contribution in [-0.4, -0.2) is 45.9 Å². The number of hydrogen-bond donors (Lipinski definition) is 3. The number of fused-ring (bicyclic) bond motifs is 2. The van der Waals surface area contributed by atoms with Gasteiger partial charge in [-0.3, -0.25) is 4.79 Å². The van der Waals surface area contributed by atoms with Crippen molar-refractivity contribution in [3.63, 3.8) is 0 Å². The van der Waals surface area contributed by atoms with Crippen LogP contribution in [0.3, 0.4) is 0 Å². The van der Waals surface area contributed by atoms with Crippen molar-refractivity contribution < 1.29 is 24.5 Å². The van der Waals surface area contributed by atoms with Crippen molar-refractivity contribution in [1.82, 2.24) is 5.32 Å². The molecular weight excluding hydrogens is 298 g/mol. The van der Waals surface area contributed by atoms with E-state index in [1.165, 1.54) is 12.8 Å². The molecule has 0 saturated carbocycles. The van der Waals surface area contributed by atoms with Crippen molar-refractivity contribution in [2.24, 2.45) is 5.92 Å². The first-order chi connectivity index (χ1) is 10.9. The lowest BCUT2D eigenvalue weighted by atomic mass is 9.79. The van der Waals surface area contributed by atoms with E-state index in [4.69, 9.17) is 4.74 Å². The van der Waals surface area contributed by atoms with Crippen LogP contribution < -0.4 is 5.32 Å². The number of esters is 1. The Bertz CT molecular complexity index is 478. The minimum Gasteiger partial charge on any atom is -0.457 e. The summed E-state index contributed by atoms with van der Waals surface area (Å²) in [5.74, 6) is -2.39. The molecule has 2 aliphatic heterocycles. The van der Waals surface area contributed by atoms with E-state index in [2.05, 4.69) is 12.2 Å². The van der Waals surface area contributed by atoms with Crippen LogP contribution in [0.15, 0.2) is 12.2 Å². The minimum atomic E-state index is -2.17. The summed E-state index contributed by atoms with van der Waals surface area (Å²) in [5, 5.41) is 23.0. The number of aliphatic hydroxyl groups is 2. The Hall–Kier alpha value is -1.40. The van der Waals surface area contributed by atoms with E-state index < -0.39 is 35.6 Å². The van der Waals surface area contributed by atoms with Crippen molar-refractivity contribution >= 4 is 11.9 Å². The minimum absolute atomic E-state index is 0.366. The predicted octanol–water partition coefficient (Wildman–Crippen LogP) is 1.05. The van der Waals surface area contributed by atoms with E-state index in [9.17, 15) is 19.8 Å². The summed E-state index contributed by atoms with van der Waals surface area (Å²) in [6.45, 7) is 3.88. The molecule has 6 nitrogen and oxygen atoms in total. The lowest BCUT2D eigenvalue weighted by Crippen LogP contribution is -2.62. The molecule has 2 heterocycles. The molecule has 6 heteroatoms. The molecule has 0 aromatic heterocycles. The summed E-state index contributed by atoms with van der Waals surface area (Å²) in [6, 6.07) is -0.366. The van der Waals surface area contributed by atoms with Crippen LogP contribution in [-0.2, 0) is 14.3 Å². The third-order valence-corrected chi connectivity index (χ3v) is 4.73. The van der Waals surface area contributed by atoms with Gasteiger partial charge in [0.05, 0.1) is 18.1 Å². The molecule has 1 amide bonds. The highest BCUT2D eigenvalue weighted by Crippen LogP contribution is 2.38. The molecule has 0 aromatic rings. The third kappa shape index (κ3) is 3.58. The van der Waals surface area contributed by atoms with Gasteiger partial charge < -0.3 is 20.3 Å². The summed E-state index contributed by atoms with van der Waals surface area (Å²) in [4.78, 5) is 23.8. The maximum atomic E-state index is 12.0. The van der Waals surface area contributed by atoms with Gasteiger partial charge in [0.1, 0.15) is 6.10 Å². The van der Waals surface area contributed by atoms with Crippen LogP contribution >= 0.6 is 0 Å². The number of nitrogens with one attached hydrogen (secondary N) is 1. The first-order valence-corrected chi connectivity index (χ1v) is 8.52. The summed E-state index contributed by atoms with van der Waals surface area (Å²) >= 11 is 0. The molecule has 23 heavy (non-hydrogen) atoms. The van der Waals surface area contributed by atoms with Gasteiger partial charge in [0.25, 0.3) is 11.5 Å². The Balaban J connectivity index is 1.93. The van der Waals surface area contributed by atoms with Gasteiger partial charge in [0.2, 0.25) is 0 Å². The van der Waals surface area contributed by atoms with E-state index >= 15 is 0 Å². The van der Waals surface area contributed by atoms with Gasteiger partial charge in [0, 0.05) is 0 Å². The molecule has 0 spiro atoms. The average molecular weight is 325 g/mol. The van der Waals surface area contributed by atoms with Crippen LogP contribution in [0.5, 0.6) is 0 Å². The fourth-order valence-electron chi connectivity index (χ4n) is 3.27. The topological polar surface area (TPSA) is 95.9 Å². The summed E-state index contributed by atoms with van der Waals surface area (Å²) in [5.41, 5.74) is -2.17. The van der Waals surface area contributed by atoms with Crippen molar-refractivity contribution in [2.75, 3.05) is 0 Å². The largest absolute Gasteiger partial charge is 0.457 e. The highest BCUT2D eigenvalue weighted by atomic mass is 16.6. The second kappa shape index (κ2) is 7.45. The number of ether oxygens (including phenoxy) is 1. The van der Waals surface area contributed by atoms with Crippen LogP contribution in [0.2, 0.25) is 0 Å². The number of piperidine rings is 1. The van der Waals surface area contributed by atoms with Crippen LogP contribution in [0.25, 0.3) is 0 Å². The smallest absolute Gasteiger partial charge is 0.349 e. The number of hydrogen-bond acceptors (Lipinski definition) is 5. The van der Waals surface area contributed by atoms with Crippen molar-refractivity contribution in [1.29, 1.82) is 0 Å². The average Bonchev–Trinajstić information content (AvgIpc) is 2.73. The first-order valence-electron chi connectivity index (χ1n) is 8.52. The summed E-state index contributed by atoms with van der Waals surface area (Å²) < 4.78 is 5.14. The Morgan fingerprint density at radius 1 is 1.30 bits per heavy atom. The fourth-order valence-corrected chi connectivity index (χ4v) is 3.27. The molecule has 0 aromatic carbocycles. The second-order valence-electron chi connectivity index (χ2n) is 6.58. The monoisotopic (exact) mass is 325 g/mol. The van der Waals surface area contributed by atoms with Gasteiger partial charge in [-0.1, -0.05) is 51.2 Å². The molecule has 130 valence electrons. The quantitative estimate of drug-likeness (QED) is 0.268. The molecule has 0 aliphatic carbocycles. The van der Waals surface area contributed by atoms with Crippen molar-refractivity contribution in [2.45, 2.75) is 76.2 Å². The van der Waals surface area contributed by atoms with Gasteiger partial charge in [-0.2, -0.15) is 0 Å². The predicted molar refractivity (Wildman–Crippen MR) is 84.4 cm³/mol. The Morgan fingerprint density at radius 2 is 2.00 bits per heavy atom. The zero-order valence-electron chi connectivity index (χ0n) is 13.8. The van der Waals surface area contributed by atoms with E-state index in [1.54, 1.807) is 19.1 Å². The van der Waals surface area contributed by atoms with E-state index in [1.807, 2.05) is 0 Å². The number of carbonyl (C=O) groups is 2. The zero-order valence-corrected chi connectivity index (χ0v) is 13.8. The summed E-state index contributed by atoms with van der Waals surface area (Å²) in [6.07, 6.45) is 8.06. The van der Waals surface area contributed by atoms with Crippen molar-refractivity contribution in [3.8, 4) is 0 Å². The van der Waals surface area contributed by atoms with E-state index in [0.717, 1.165) is 19.3 Å². The van der Waals surface area contributed by atoms with Crippen molar-refractivity contribution in [3.05, 3.63) is 12.2 Å². The molecule has 2 bridgehead atoms. The first kappa shape index (κ1) is 17.9. The molecule has 3 N–H and O–H groups in total. The molecular formula is C17H27NO5. The molecule has 2 saturated heterocycles. The van der Waals surface area contributed by atoms with E-state index in [0.29, 0.717) is 6.42 Å². The Labute approximate surface area is 136 Å². The van der Waals surface area contributed by atoms with E-state index in [-0.39, 0.29) is 6.04 Å². The lowest BCUT2D eigenvalue weighted by Gasteiger charge is -2.33. The SMILES string of the molecule is CCCCCCCC(O)/C=C/[C@@H]1[C@H]2OC(=O)[C@@]1(O)C(=O)N[C@@H]2C. The molecule has 2 rings (SSSR count). The molecule has 1 unspecified atom stereocenters. The highest BCUT2D eigenvalue weighted by Gasteiger charge is 2.65. The summed E-state index contributed by atoms with van der Waals surface area (Å²) in [7, 11) is 0. The van der Waals surface area contributed by atoms with Crippen LogP contribution in [0.4, 0.5) is 0 Å². The number of amides is 1.